The SMILES string of the molecule is CNc1ncnc(Sc2ccc(OC)cc2)c1C(C)C. The summed E-state index contributed by atoms with van der Waals surface area (Å²) in [6.45, 7) is 4.30. The third-order valence-electron chi connectivity index (χ3n) is 2.94. The molecule has 0 saturated heterocycles. The summed E-state index contributed by atoms with van der Waals surface area (Å²) in [7, 11) is 3.55. The Morgan fingerprint density at radius 1 is 1.15 bits per heavy atom. The van der Waals surface area contributed by atoms with E-state index < -0.39 is 0 Å². The number of nitrogens with one attached hydrogen (secondary N) is 1. The normalized spacial score (nSPS) is 10.7. The molecule has 0 bridgehead atoms. The number of hydrogen-bond donors (Lipinski definition) is 1. The minimum atomic E-state index is 0.361. The number of methoxy groups -OCH3 is 1. The summed E-state index contributed by atoms with van der Waals surface area (Å²) in [4.78, 5) is 9.85. The Morgan fingerprint density at radius 3 is 2.40 bits per heavy atom. The second-order valence-corrected chi connectivity index (χ2v) is 5.69. The van der Waals surface area contributed by atoms with E-state index in [9.17, 15) is 0 Å². The summed E-state index contributed by atoms with van der Waals surface area (Å²) in [6.07, 6.45) is 1.60. The maximum absolute atomic E-state index is 5.17. The largest absolute Gasteiger partial charge is 0.497 e. The van der Waals surface area contributed by atoms with E-state index >= 15 is 0 Å². The molecule has 1 aromatic heterocycles. The summed E-state index contributed by atoms with van der Waals surface area (Å²) in [6, 6.07) is 7.98. The van der Waals surface area contributed by atoms with Crippen LogP contribution in [0.1, 0.15) is 25.3 Å². The molecule has 1 aromatic carbocycles. The lowest BCUT2D eigenvalue weighted by atomic mass is 10.1. The number of ether oxygens (including phenoxy) is 1. The molecule has 1 heterocycles. The smallest absolute Gasteiger partial charge is 0.133 e. The maximum atomic E-state index is 5.17. The quantitative estimate of drug-likeness (QED) is 0.848. The van der Waals surface area contributed by atoms with E-state index in [-0.39, 0.29) is 0 Å². The average Bonchev–Trinajstić information content (AvgIpc) is 2.47. The van der Waals surface area contributed by atoms with Crippen LogP contribution in [0.3, 0.4) is 0 Å². The van der Waals surface area contributed by atoms with Gasteiger partial charge in [0, 0.05) is 17.5 Å². The first-order valence-corrected chi connectivity index (χ1v) is 7.32. The standard InChI is InChI=1S/C15H19N3OS/c1-10(2)13-14(16-3)17-9-18-15(13)20-12-7-5-11(19-4)6-8-12/h5-10H,1-4H3,(H,16,17,18). The Kier molecular flexibility index (Phi) is 4.84. The fourth-order valence-electron chi connectivity index (χ4n) is 1.94. The van der Waals surface area contributed by atoms with Crippen LogP contribution in [-0.2, 0) is 0 Å². The lowest BCUT2D eigenvalue weighted by Gasteiger charge is -2.15. The second kappa shape index (κ2) is 6.61. The lowest BCUT2D eigenvalue weighted by Crippen LogP contribution is -2.03. The second-order valence-electron chi connectivity index (χ2n) is 4.62. The molecule has 20 heavy (non-hydrogen) atoms. The molecule has 0 spiro atoms. The van der Waals surface area contributed by atoms with Gasteiger partial charge in [-0.1, -0.05) is 25.6 Å². The van der Waals surface area contributed by atoms with E-state index in [1.165, 1.54) is 0 Å². The third kappa shape index (κ3) is 3.22. The van der Waals surface area contributed by atoms with Gasteiger partial charge >= 0.3 is 0 Å². The molecular formula is C15H19N3OS. The zero-order valence-electron chi connectivity index (χ0n) is 12.2. The Bertz CT molecular complexity index is 570. The van der Waals surface area contributed by atoms with Gasteiger partial charge in [-0.05, 0) is 30.2 Å². The molecule has 1 N–H and O–H groups in total. The number of anilines is 1. The van der Waals surface area contributed by atoms with E-state index in [1.54, 1.807) is 25.2 Å². The van der Waals surface area contributed by atoms with Gasteiger partial charge in [-0.25, -0.2) is 9.97 Å². The third-order valence-corrected chi connectivity index (χ3v) is 3.96. The molecule has 2 aromatic rings. The highest BCUT2D eigenvalue weighted by atomic mass is 32.2. The van der Waals surface area contributed by atoms with Gasteiger partial charge in [0.1, 0.15) is 22.9 Å². The summed E-state index contributed by atoms with van der Waals surface area (Å²) < 4.78 is 5.17. The number of benzene rings is 1. The van der Waals surface area contributed by atoms with Gasteiger partial charge in [0.05, 0.1) is 7.11 Å². The van der Waals surface area contributed by atoms with E-state index in [0.717, 1.165) is 27.1 Å². The van der Waals surface area contributed by atoms with E-state index in [2.05, 4.69) is 29.1 Å². The molecule has 0 aliphatic heterocycles. The van der Waals surface area contributed by atoms with Crippen molar-refractivity contribution in [3.05, 3.63) is 36.2 Å². The summed E-state index contributed by atoms with van der Waals surface area (Å²) in [5, 5.41) is 4.13. The Morgan fingerprint density at radius 2 is 1.85 bits per heavy atom. The number of rotatable bonds is 5. The van der Waals surface area contributed by atoms with Crippen molar-refractivity contribution in [3.63, 3.8) is 0 Å². The van der Waals surface area contributed by atoms with Gasteiger partial charge in [-0.3, -0.25) is 0 Å². The molecular weight excluding hydrogens is 270 g/mol. The van der Waals surface area contributed by atoms with Crippen LogP contribution < -0.4 is 10.1 Å². The minimum Gasteiger partial charge on any atom is -0.497 e. The molecule has 4 nitrogen and oxygen atoms in total. The predicted molar refractivity (Wildman–Crippen MR) is 82.8 cm³/mol. The van der Waals surface area contributed by atoms with Crippen LogP contribution in [0.4, 0.5) is 5.82 Å². The molecule has 0 saturated carbocycles. The number of aromatic nitrogens is 2. The summed E-state index contributed by atoms with van der Waals surface area (Å²) in [5.41, 5.74) is 1.15. The van der Waals surface area contributed by atoms with Gasteiger partial charge in [-0.2, -0.15) is 0 Å². The molecule has 106 valence electrons. The average molecular weight is 289 g/mol. The lowest BCUT2D eigenvalue weighted by molar-refractivity contribution is 0.414. The monoisotopic (exact) mass is 289 g/mol. The first kappa shape index (κ1) is 14.7. The molecule has 5 heteroatoms. The minimum absolute atomic E-state index is 0.361. The van der Waals surface area contributed by atoms with Gasteiger partial charge in [-0.15, -0.1) is 0 Å². The first-order chi connectivity index (χ1) is 9.65. The highest BCUT2D eigenvalue weighted by Crippen LogP contribution is 2.35. The molecule has 0 atom stereocenters. The summed E-state index contributed by atoms with van der Waals surface area (Å²) in [5.74, 6) is 2.11. The van der Waals surface area contributed by atoms with Crippen LogP contribution in [0.25, 0.3) is 0 Å². The molecule has 0 radical (unpaired) electrons. The van der Waals surface area contributed by atoms with Crippen molar-refractivity contribution >= 4 is 17.6 Å². The predicted octanol–water partition coefficient (Wildman–Crippen LogP) is 3.80. The van der Waals surface area contributed by atoms with Gasteiger partial charge < -0.3 is 10.1 Å². The van der Waals surface area contributed by atoms with Crippen LogP contribution in [0.15, 0.2) is 40.5 Å². The van der Waals surface area contributed by atoms with Crippen LogP contribution in [0.2, 0.25) is 0 Å². The zero-order valence-corrected chi connectivity index (χ0v) is 13.0. The van der Waals surface area contributed by atoms with Crippen molar-refractivity contribution in [2.45, 2.75) is 29.7 Å². The van der Waals surface area contributed by atoms with E-state index in [4.69, 9.17) is 4.74 Å². The zero-order chi connectivity index (χ0) is 14.5. The Labute approximate surface area is 124 Å². The highest BCUT2D eigenvalue weighted by molar-refractivity contribution is 7.99. The number of nitrogens with zero attached hydrogens (tertiary/aromatic N) is 2. The van der Waals surface area contributed by atoms with Crippen LogP contribution in [0.5, 0.6) is 5.75 Å². The topological polar surface area (TPSA) is 47.0 Å². The fourth-order valence-corrected chi connectivity index (χ4v) is 2.97. The van der Waals surface area contributed by atoms with Crippen LogP contribution in [0, 0.1) is 0 Å². The summed E-state index contributed by atoms with van der Waals surface area (Å²) >= 11 is 1.64. The molecule has 0 fully saturated rings. The Hall–Kier alpha value is -1.75. The fraction of sp³-hybridized carbons (Fsp3) is 0.333. The van der Waals surface area contributed by atoms with Crippen molar-refractivity contribution in [1.29, 1.82) is 0 Å². The van der Waals surface area contributed by atoms with E-state index in [1.807, 2.05) is 31.3 Å². The molecule has 0 aliphatic rings. The van der Waals surface area contributed by atoms with Crippen LogP contribution >= 0.6 is 11.8 Å². The first-order valence-electron chi connectivity index (χ1n) is 6.50. The van der Waals surface area contributed by atoms with Gasteiger partial charge in [0.25, 0.3) is 0 Å². The van der Waals surface area contributed by atoms with E-state index in [0.29, 0.717) is 5.92 Å². The Balaban J connectivity index is 2.32. The molecule has 0 aliphatic carbocycles. The molecule has 2 rings (SSSR count). The van der Waals surface area contributed by atoms with Crippen molar-refractivity contribution in [2.75, 3.05) is 19.5 Å². The molecule has 0 unspecified atom stereocenters. The van der Waals surface area contributed by atoms with Crippen molar-refractivity contribution in [2.24, 2.45) is 0 Å². The molecule has 0 amide bonds. The van der Waals surface area contributed by atoms with Crippen molar-refractivity contribution < 1.29 is 4.74 Å². The number of hydrogen-bond acceptors (Lipinski definition) is 5. The van der Waals surface area contributed by atoms with Gasteiger partial charge in [0.15, 0.2) is 0 Å². The van der Waals surface area contributed by atoms with Crippen LogP contribution in [-0.4, -0.2) is 24.1 Å². The van der Waals surface area contributed by atoms with Gasteiger partial charge in [0.2, 0.25) is 0 Å². The maximum Gasteiger partial charge on any atom is 0.133 e. The highest BCUT2D eigenvalue weighted by Gasteiger charge is 2.15. The van der Waals surface area contributed by atoms with Crippen molar-refractivity contribution in [1.82, 2.24) is 9.97 Å². The van der Waals surface area contributed by atoms with Crippen molar-refractivity contribution in [3.8, 4) is 5.75 Å².